The largest absolute Gasteiger partial charge is 0.340 e. The summed E-state index contributed by atoms with van der Waals surface area (Å²) in [4.78, 5) is 16.7. The Morgan fingerprint density at radius 2 is 1.68 bits per heavy atom. The van der Waals surface area contributed by atoms with Crippen LogP contribution in [0.5, 0.6) is 0 Å². The normalized spacial score (nSPS) is 15.2. The molecule has 1 aliphatic carbocycles. The van der Waals surface area contributed by atoms with Gasteiger partial charge in [0.15, 0.2) is 0 Å². The van der Waals surface area contributed by atoms with Gasteiger partial charge in [0.1, 0.15) is 5.82 Å². The van der Waals surface area contributed by atoms with Crippen molar-refractivity contribution in [3.8, 4) is 0 Å². The first-order chi connectivity index (χ1) is 12.1. The standard InChI is InChI=1S/C21H27N3O/c1-15(2)16-8-10-18(11-9-16)23-20-13-12-19(14-22-20)24-21(25)17-6-4-3-5-7-17/h8-15,17H,3-7H2,1-2H3,(H,22,23)(H,24,25). The van der Waals surface area contributed by atoms with Crippen LogP contribution in [0.4, 0.5) is 17.2 Å². The van der Waals surface area contributed by atoms with Crippen molar-refractivity contribution in [2.24, 2.45) is 5.92 Å². The second-order valence-corrected chi connectivity index (χ2v) is 7.16. The maximum Gasteiger partial charge on any atom is 0.227 e. The van der Waals surface area contributed by atoms with Crippen LogP contribution >= 0.6 is 0 Å². The number of nitrogens with zero attached hydrogens (tertiary/aromatic N) is 1. The van der Waals surface area contributed by atoms with Gasteiger partial charge in [-0.1, -0.05) is 45.2 Å². The number of amides is 1. The Morgan fingerprint density at radius 3 is 2.28 bits per heavy atom. The summed E-state index contributed by atoms with van der Waals surface area (Å²) in [5, 5.41) is 6.28. The van der Waals surface area contributed by atoms with E-state index in [1.54, 1.807) is 6.20 Å². The fourth-order valence-corrected chi connectivity index (χ4v) is 3.25. The molecule has 4 heteroatoms. The monoisotopic (exact) mass is 337 g/mol. The summed E-state index contributed by atoms with van der Waals surface area (Å²) in [6.45, 7) is 4.37. The maximum atomic E-state index is 12.3. The van der Waals surface area contributed by atoms with Crippen LogP contribution in [0.3, 0.4) is 0 Å². The number of carbonyl (C=O) groups is 1. The van der Waals surface area contributed by atoms with Gasteiger partial charge in [-0.2, -0.15) is 0 Å². The van der Waals surface area contributed by atoms with Gasteiger partial charge in [0.05, 0.1) is 11.9 Å². The molecule has 2 aromatic rings. The fraction of sp³-hybridized carbons (Fsp3) is 0.429. The van der Waals surface area contributed by atoms with Crippen molar-refractivity contribution in [3.05, 3.63) is 48.2 Å². The van der Waals surface area contributed by atoms with Crippen molar-refractivity contribution in [1.29, 1.82) is 0 Å². The van der Waals surface area contributed by atoms with E-state index in [1.165, 1.54) is 12.0 Å². The molecule has 3 rings (SSSR count). The highest BCUT2D eigenvalue weighted by atomic mass is 16.1. The van der Waals surface area contributed by atoms with Crippen molar-refractivity contribution < 1.29 is 4.79 Å². The lowest BCUT2D eigenvalue weighted by molar-refractivity contribution is -0.120. The molecule has 0 spiro atoms. The van der Waals surface area contributed by atoms with Crippen LogP contribution in [0.1, 0.15) is 57.4 Å². The molecule has 0 bridgehead atoms. The van der Waals surface area contributed by atoms with E-state index >= 15 is 0 Å². The van der Waals surface area contributed by atoms with E-state index in [0.29, 0.717) is 5.92 Å². The number of rotatable bonds is 5. The van der Waals surface area contributed by atoms with Crippen LogP contribution < -0.4 is 10.6 Å². The van der Waals surface area contributed by atoms with Crippen LogP contribution in [0.15, 0.2) is 42.6 Å². The van der Waals surface area contributed by atoms with E-state index in [0.717, 1.165) is 42.9 Å². The van der Waals surface area contributed by atoms with Gasteiger partial charge in [-0.3, -0.25) is 4.79 Å². The lowest BCUT2D eigenvalue weighted by Gasteiger charge is -2.20. The number of pyridine rings is 1. The predicted molar refractivity (Wildman–Crippen MR) is 103 cm³/mol. The molecule has 1 amide bonds. The van der Waals surface area contributed by atoms with Gasteiger partial charge < -0.3 is 10.6 Å². The van der Waals surface area contributed by atoms with Crippen molar-refractivity contribution in [2.75, 3.05) is 10.6 Å². The summed E-state index contributed by atoms with van der Waals surface area (Å²) < 4.78 is 0. The van der Waals surface area contributed by atoms with E-state index in [9.17, 15) is 4.79 Å². The summed E-state index contributed by atoms with van der Waals surface area (Å²) in [5.41, 5.74) is 3.09. The van der Waals surface area contributed by atoms with Crippen molar-refractivity contribution in [3.63, 3.8) is 0 Å². The highest BCUT2D eigenvalue weighted by Crippen LogP contribution is 2.25. The molecule has 1 aliphatic rings. The van der Waals surface area contributed by atoms with E-state index < -0.39 is 0 Å². The third kappa shape index (κ3) is 4.81. The lowest BCUT2D eigenvalue weighted by atomic mass is 9.88. The van der Waals surface area contributed by atoms with Crippen LogP contribution in [0.2, 0.25) is 0 Å². The van der Waals surface area contributed by atoms with E-state index in [4.69, 9.17) is 0 Å². The Morgan fingerprint density at radius 1 is 1.00 bits per heavy atom. The molecule has 0 saturated heterocycles. The molecule has 1 heterocycles. The first kappa shape index (κ1) is 17.5. The molecule has 1 saturated carbocycles. The molecule has 1 fully saturated rings. The zero-order valence-electron chi connectivity index (χ0n) is 15.1. The Kier molecular flexibility index (Phi) is 5.69. The Balaban J connectivity index is 1.57. The molecule has 25 heavy (non-hydrogen) atoms. The van der Waals surface area contributed by atoms with Crippen molar-refractivity contribution >= 4 is 23.1 Å². The average Bonchev–Trinajstić information content (AvgIpc) is 2.64. The Bertz CT molecular complexity index is 686. The quantitative estimate of drug-likeness (QED) is 0.761. The Labute approximate surface area is 150 Å². The molecule has 0 aliphatic heterocycles. The molecule has 132 valence electrons. The lowest BCUT2D eigenvalue weighted by Crippen LogP contribution is -2.24. The molecule has 0 atom stereocenters. The number of nitrogens with one attached hydrogen (secondary N) is 2. The molecular weight excluding hydrogens is 310 g/mol. The average molecular weight is 337 g/mol. The number of hydrogen-bond donors (Lipinski definition) is 2. The van der Waals surface area contributed by atoms with Gasteiger partial charge in [0.2, 0.25) is 5.91 Å². The summed E-state index contributed by atoms with van der Waals surface area (Å²) in [7, 11) is 0. The second kappa shape index (κ2) is 8.15. The van der Waals surface area contributed by atoms with Gasteiger partial charge in [-0.15, -0.1) is 0 Å². The topological polar surface area (TPSA) is 54.0 Å². The summed E-state index contributed by atoms with van der Waals surface area (Å²) >= 11 is 0. The number of benzene rings is 1. The summed E-state index contributed by atoms with van der Waals surface area (Å²) in [5.74, 6) is 1.59. The van der Waals surface area contributed by atoms with E-state index in [1.807, 2.05) is 12.1 Å². The van der Waals surface area contributed by atoms with E-state index in [-0.39, 0.29) is 11.8 Å². The predicted octanol–water partition coefficient (Wildman–Crippen LogP) is 5.47. The molecule has 1 aromatic heterocycles. The molecule has 0 radical (unpaired) electrons. The fourth-order valence-electron chi connectivity index (χ4n) is 3.25. The van der Waals surface area contributed by atoms with Crippen LogP contribution in [0, 0.1) is 5.92 Å². The van der Waals surface area contributed by atoms with E-state index in [2.05, 4.69) is 53.7 Å². The van der Waals surface area contributed by atoms with Crippen LogP contribution in [-0.2, 0) is 4.79 Å². The summed E-state index contributed by atoms with van der Waals surface area (Å²) in [6, 6.07) is 12.2. The highest BCUT2D eigenvalue weighted by molar-refractivity contribution is 5.92. The van der Waals surface area contributed by atoms with Gasteiger partial charge in [0, 0.05) is 11.6 Å². The zero-order chi connectivity index (χ0) is 17.6. The number of aromatic nitrogens is 1. The second-order valence-electron chi connectivity index (χ2n) is 7.16. The highest BCUT2D eigenvalue weighted by Gasteiger charge is 2.21. The van der Waals surface area contributed by atoms with Crippen molar-refractivity contribution in [2.45, 2.75) is 51.9 Å². The Hall–Kier alpha value is -2.36. The molecule has 2 N–H and O–H groups in total. The van der Waals surface area contributed by atoms with Gasteiger partial charge in [-0.05, 0) is 48.6 Å². The van der Waals surface area contributed by atoms with Gasteiger partial charge in [-0.25, -0.2) is 4.98 Å². The molecule has 1 aromatic carbocycles. The maximum absolute atomic E-state index is 12.3. The van der Waals surface area contributed by atoms with Crippen LogP contribution in [-0.4, -0.2) is 10.9 Å². The summed E-state index contributed by atoms with van der Waals surface area (Å²) in [6.07, 6.45) is 7.30. The van der Waals surface area contributed by atoms with Crippen LogP contribution in [0.25, 0.3) is 0 Å². The molecular formula is C21H27N3O. The van der Waals surface area contributed by atoms with Crippen molar-refractivity contribution in [1.82, 2.24) is 4.98 Å². The first-order valence-electron chi connectivity index (χ1n) is 9.26. The first-order valence-corrected chi connectivity index (χ1v) is 9.26. The SMILES string of the molecule is CC(C)c1ccc(Nc2ccc(NC(=O)C3CCCCC3)cn2)cc1. The number of hydrogen-bond acceptors (Lipinski definition) is 3. The smallest absolute Gasteiger partial charge is 0.227 e. The number of carbonyl (C=O) groups excluding carboxylic acids is 1. The minimum absolute atomic E-state index is 0.131. The minimum atomic E-state index is 0.131. The van der Waals surface area contributed by atoms with Gasteiger partial charge in [0.25, 0.3) is 0 Å². The number of anilines is 3. The minimum Gasteiger partial charge on any atom is -0.340 e. The zero-order valence-corrected chi connectivity index (χ0v) is 15.1. The van der Waals surface area contributed by atoms with Gasteiger partial charge >= 0.3 is 0 Å². The molecule has 4 nitrogen and oxygen atoms in total. The third-order valence-corrected chi connectivity index (χ3v) is 4.86. The third-order valence-electron chi connectivity index (χ3n) is 4.86. The molecule has 0 unspecified atom stereocenters.